The lowest BCUT2D eigenvalue weighted by molar-refractivity contribution is -0.143. The Hall–Kier alpha value is -2.06. The lowest BCUT2D eigenvalue weighted by atomic mass is 9.93. The van der Waals surface area contributed by atoms with E-state index in [1.807, 2.05) is 0 Å². The fraction of sp³-hybridized carbons (Fsp3) is 0.294. The van der Waals surface area contributed by atoms with Crippen LogP contribution in [0.3, 0.4) is 0 Å². The highest BCUT2D eigenvalue weighted by atomic mass is 19.4. The Balaban J connectivity index is 2.54. The van der Waals surface area contributed by atoms with Gasteiger partial charge in [0, 0.05) is 7.11 Å². The second kappa shape index (κ2) is 7.05. The minimum atomic E-state index is -4.93. The standard InChI is InChI=1S/C17H15F6NO/c1-25-15(14(24)10-5-3-2-4-6-10)11-7-12(16(18,19)20)9-13(8-11)17(21,22)23/h2-9,14-15H,24H2,1H3/t14-,15?/m0/s1. The zero-order valence-electron chi connectivity index (χ0n) is 13.0. The van der Waals surface area contributed by atoms with E-state index in [0.717, 1.165) is 0 Å². The van der Waals surface area contributed by atoms with E-state index < -0.39 is 35.6 Å². The summed E-state index contributed by atoms with van der Waals surface area (Å²) in [6.45, 7) is 0. The molecular formula is C17H15F6NO. The predicted octanol–water partition coefficient (Wildman–Crippen LogP) is 5.11. The monoisotopic (exact) mass is 363 g/mol. The van der Waals surface area contributed by atoms with Gasteiger partial charge in [0.2, 0.25) is 0 Å². The molecule has 0 heterocycles. The Morgan fingerprint density at radius 2 is 1.28 bits per heavy atom. The quantitative estimate of drug-likeness (QED) is 0.766. The van der Waals surface area contributed by atoms with Gasteiger partial charge in [-0.05, 0) is 29.3 Å². The van der Waals surface area contributed by atoms with Crippen LogP contribution in [0.25, 0.3) is 0 Å². The highest BCUT2D eigenvalue weighted by Crippen LogP contribution is 2.39. The van der Waals surface area contributed by atoms with Crippen molar-refractivity contribution >= 4 is 0 Å². The van der Waals surface area contributed by atoms with Crippen LogP contribution in [0, 0.1) is 0 Å². The molecule has 2 nitrogen and oxygen atoms in total. The van der Waals surface area contributed by atoms with Crippen molar-refractivity contribution in [3.05, 3.63) is 70.8 Å². The van der Waals surface area contributed by atoms with E-state index in [2.05, 4.69) is 0 Å². The molecule has 25 heavy (non-hydrogen) atoms. The SMILES string of the molecule is COC(c1cc(C(F)(F)F)cc(C(F)(F)F)c1)[C@@H](N)c1ccccc1. The van der Waals surface area contributed by atoms with E-state index in [0.29, 0.717) is 17.7 Å². The molecular weight excluding hydrogens is 348 g/mol. The van der Waals surface area contributed by atoms with Crippen molar-refractivity contribution in [1.82, 2.24) is 0 Å². The number of methoxy groups -OCH3 is 1. The van der Waals surface area contributed by atoms with Crippen molar-refractivity contribution in [2.24, 2.45) is 5.73 Å². The summed E-state index contributed by atoms with van der Waals surface area (Å²) in [5.41, 5.74) is 3.44. The topological polar surface area (TPSA) is 35.2 Å². The highest BCUT2D eigenvalue weighted by Gasteiger charge is 2.38. The summed E-state index contributed by atoms with van der Waals surface area (Å²) in [6, 6.07) is 8.68. The number of nitrogens with two attached hydrogens (primary N) is 1. The summed E-state index contributed by atoms with van der Waals surface area (Å²) in [6.07, 6.45) is -11.0. The maximum Gasteiger partial charge on any atom is 0.416 e. The van der Waals surface area contributed by atoms with Gasteiger partial charge in [0.15, 0.2) is 0 Å². The molecule has 0 spiro atoms. The van der Waals surface area contributed by atoms with Crippen molar-refractivity contribution in [2.45, 2.75) is 24.5 Å². The highest BCUT2D eigenvalue weighted by molar-refractivity contribution is 5.36. The largest absolute Gasteiger partial charge is 0.416 e. The number of benzene rings is 2. The van der Waals surface area contributed by atoms with E-state index in [9.17, 15) is 26.3 Å². The average Bonchev–Trinajstić information content (AvgIpc) is 2.54. The molecule has 0 aliphatic heterocycles. The predicted molar refractivity (Wildman–Crippen MR) is 79.6 cm³/mol. The molecule has 0 fully saturated rings. The van der Waals surface area contributed by atoms with Crippen LogP contribution in [-0.2, 0) is 17.1 Å². The van der Waals surface area contributed by atoms with Crippen molar-refractivity contribution in [3.8, 4) is 0 Å². The van der Waals surface area contributed by atoms with Gasteiger partial charge < -0.3 is 10.5 Å². The van der Waals surface area contributed by atoms with Crippen LogP contribution in [-0.4, -0.2) is 7.11 Å². The molecule has 0 aliphatic rings. The van der Waals surface area contributed by atoms with Crippen LogP contribution in [0.15, 0.2) is 48.5 Å². The smallest absolute Gasteiger partial charge is 0.375 e. The molecule has 0 bridgehead atoms. The van der Waals surface area contributed by atoms with Crippen molar-refractivity contribution in [3.63, 3.8) is 0 Å². The number of hydrogen-bond acceptors (Lipinski definition) is 2. The van der Waals surface area contributed by atoms with Gasteiger partial charge in [-0.15, -0.1) is 0 Å². The summed E-state index contributed by atoms with van der Waals surface area (Å²) < 4.78 is 83.1. The second-order valence-corrected chi connectivity index (χ2v) is 5.43. The van der Waals surface area contributed by atoms with E-state index in [-0.39, 0.29) is 11.6 Å². The maximum atomic E-state index is 13.0. The summed E-state index contributed by atoms with van der Waals surface area (Å²) in [5, 5.41) is 0. The molecule has 1 unspecified atom stereocenters. The lowest BCUT2D eigenvalue weighted by Gasteiger charge is -2.25. The molecule has 0 aliphatic carbocycles. The van der Waals surface area contributed by atoms with E-state index >= 15 is 0 Å². The van der Waals surface area contributed by atoms with Crippen molar-refractivity contribution in [1.29, 1.82) is 0 Å². The van der Waals surface area contributed by atoms with Crippen LogP contribution in [0.5, 0.6) is 0 Å². The third kappa shape index (κ3) is 4.52. The van der Waals surface area contributed by atoms with Gasteiger partial charge in [-0.3, -0.25) is 0 Å². The zero-order chi connectivity index (χ0) is 18.8. The second-order valence-electron chi connectivity index (χ2n) is 5.43. The third-order valence-corrected chi connectivity index (χ3v) is 3.70. The molecule has 0 aromatic heterocycles. The van der Waals surface area contributed by atoms with Crippen LogP contribution in [0.1, 0.15) is 34.4 Å². The average molecular weight is 363 g/mol. The van der Waals surface area contributed by atoms with E-state index in [1.165, 1.54) is 7.11 Å². The fourth-order valence-electron chi connectivity index (χ4n) is 2.48. The van der Waals surface area contributed by atoms with Crippen LogP contribution < -0.4 is 5.73 Å². The molecule has 0 radical (unpaired) electrons. The lowest BCUT2D eigenvalue weighted by Crippen LogP contribution is -2.22. The molecule has 2 N–H and O–H groups in total. The molecule has 8 heteroatoms. The van der Waals surface area contributed by atoms with Crippen LogP contribution >= 0.6 is 0 Å². The molecule has 2 aromatic rings. The Labute approximate surface area is 140 Å². The van der Waals surface area contributed by atoms with Crippen LogP contribution in [0.2, 0.25) is 0 Å². The third-order valence-electron chi connectivity index (χ3n) is 3.70. The molecule has 136 valence electrons. The first-order valence-electron chi connectivity index (χ1n) is 7.16. The van der Waals surface area contributed by atoms with Gasteiger partial charge in [-0.25, -0.2) is 0 Å². The summed E-state index contributed by atoms with van der Waals surface area (Å²) in [5.74, 6) is 0. The van der Waals surface area contributed by atoms with Gasteiger partial charge in [-0.2, -0.15) is 26.3 Å². The number of ether oxygens (including phenoxy) is 1. The molecule has 2 aromatic carbocycles. The summed E-state index contributed by atoms with van der Waals surface area (Å²) >= 11 is 0. The van der Waals surface area contributed by atoms with Gasteiger partial charge in [0.1, 0.15) is 6.10 Å². The van der Waals surface area contributed by atoms with E-state index in [4.69, 9.17) is 10.5 Å². The number of hydrogen-bond donors (Lipinski definition) is 1. The fourth-order valence-corrected chi connectivity index (χ4v) is 2.48. The Bertz CT molecular complexity index is 679. The minimum Gasteiger partial charge on any atom is -0.375 e. The molecule has 0 amide bonds. The number of alkyl halides is 6. The van der Waals surface area contributed by atoms with Gasteiger partial charge >= 0.3 is 12.4 Å². The first kappa shape index (κ1) is 19.3. The molecule has 2 atom stereocenters. The summed E-state index contributed by atoms with van der Waals surface area (Å²) in [4.78, 5) is 0. The molecule has 0 saturated heterocycles. The van der Waals surface area contributed by atoms with Gasteiger partial charge in [0.05, 0.1) is 17.2 Å². The Morgan fingerprint density at radius 3 is 1.68 bits per heavy atom. The zero-order valence-corrected chi connectivity index (χ0v) is 13.0. The molecule has 2 rings (SSSR count). The van der Waals surface area contributed by atoms with Gasteiger partial charge in [-0.1, -0.05) is 30.3 Å². The first-order chi connectivity index (χ1) is 11.5. The van der Waals surface area contributed by atoms with Gasteiger partial charge in [0.25, 0.3) is 0 Å². The Morgan fingerprint density at radius 1 is 0.800 bits per heavy atom. The van der Waals surface area contributed by atoms with Crippen molar-refractivity contribution in [2.75, 3.05) is 7.11 Å². The summed E-state index contributed by atoms with van der Waals surface area (Å²) in [7, 11) is 1.18. The maximum absolute atomic E-state index is 13.0. The number of rotatable bonds is 4. The van der Waals surface area contributed by atoms with Crippen molar-refractivity contribution < 1.29 is 31.1 Å². The Kier molecular flexibility index (Phi) is 5.43. The normalized spacial score (nSPS) is 15.0. The number of halogens is 6. The van der Waals surface area contributed by atoms with Crippen LogP contribution in [0.4, 0.5) is 26.3 Å². The first-order valence-corrected chi connectivity index (χ1v) is 7.16. The molecule has 0 saturated carbocycles. The minimum absolute atomic E-state index is 0.0737. The van der Waals surface area contributed by atoms with E-state index in [1.54, 1.807) is 30.3 Å².